The first-order valence-electron chi connectivity index (χ1n) is 10.0. The molecule has 0 atom stereocenters. The molecule has 0 aliphatic heterocycles. The van der Waals surface area contributed by atoms with Crippen LogP contribution in [0.3, 0.4) is 0 Å². The number of fused-ring (bicyclic) bond motifs is 1. The van der Waals surface area contributed by atoms with Gasteiger partial charge in [0.2, 0.25) is 11.3 Å². The van der Waals surface area contributed by atoms with Crippen LogP contribution in [-0.4, -0.2) is 20.9 Å². The number of halogens is 6. The van der Waals surface area contributed by atoms with Crippen molar-refractivity contribution in [3.8, 4) is 22.9 Å². The van der Waals surface area contributed by atoms with Crippen LogP contribution in [-0.2, 0) is 6.18 Å². The molecule has 0 spiro atoms. The minimum absolute atomic E-state index is 0.0475. The molecule has 0 unspecified atom stereocenters. The molecule has 0 bridgehead atoms. The van der Waals surface area contributed by atoms with Crippen molar-refractivity contribution in [2.24, 2.45) is 5.73 Å². The number of H-pyrrole nitrogens is 1. The number of pyridine rings is 3. The lowest BCUT2D eigenvalue weighted by molar-refractivity contribution is -0.141. The summed E-state index contributed by atoms with van der Waals surface area (Å²) in [6, 6.07) is 4.24. The number of amides is 1. The van der Waals surface area contributed by atoms with E-state index in [0.29, 0.717) is 0 Å². The molecule has 7 nitrogen and oxygen atoms in total. The van der Waals surface area contributed by atoms with Gasteiger partial charge in [0.25, 0.3) is 5.91 Å². The Balaban J connectivity index is 2.03. The number of primary amides is 1. The van der Waals surface area contributed by atoms with Gasteiger partial charge in [-0.1, -0.05) is 0 Å². The maximum absolute atomic E-state index is 14.1. The Bertz CT molecular complexity index is 1620. The fraction of sp³-hybridized carbons (Fsp3) is 0.130. The zero-order valence-corrected chi connectivity index (χ0v) is 19.9. The number of aryl methyl sites for hydroxylation is 1. The molecule has 0 aliphatic rings. The van der Waals surface area contributed by atoms with Gasteiger partial charge in [0.05, 0.1) is 26.6 Å². The van der Waals surface area contributed by atoms with Gasteiger partial charge in [0.1, 0.15) is 11.4 Å². The molecule has 1 aromatic carbocycles. The number of aromatic amines is 1. The van der Waals surface area contributed by atoms with Crippen molar-refractivity contribution >= 4 is 32.7 Å². The fourth-order valence-corrected chi connectivity index (χ4v) is 4.08. The minimum Gasteiger partial charge on any atom is -0.438 e. The Hall–Kier alpha value is -3.87. The Kier molecular flexibility index (Phi) is 6.29. The maximum Gasteiger partial charge on any atom is 0.433 e. The highest BCUT2D eigenvalue weighted by Crippen LogP contribution is 2.40. The molecule has 0 aliphatic carbocycles. The van der Waals surface area contributed by atoms with Gasteiger partial charge in [-0.05, 0) is 59.6 Å². The molecule has 3 N–H and O–H groups in total. The first-order valence-corrected chi connectivity index (χ1v) is 10.8. The predicted molar refractivity (Wildman–Crippen MR) is 123 cm³/mol. The normalized spacial score (nSPS) is 11.7. The van der Waals surface area contributed by atoms with Gasteiger partial charge in [-0.25, -0.2) is 13.8 Å². The highest BCUT2D eigenvalue weighted by Gasteiger charge is 2.36. The summed E-state index contributed by atoms with van der Waals surface area (Å²) < 4.78 is 73.9. The first kappa shape index (κ1) is 25.2. The van der Waals surface area contributed by atoms with E-state index in [9.17, 15) is 31.5 Å². The van der Waals surface area contributed by atoms with Gasteiger partial charge >= 0.3 is 6.18 Å². The second-order valence-corrected chi connectivity index (χ2v) is 8.47. The van der Waals surface area contributed by atoms with E-state index in [1.165, 1.54) is 19.2 Å². The highest BCUT2D eigenvalue weighted by atomic mass is 79.9. The van der Waals surface area contributed by atoms with Crippen LogP contribution in [0.25, 0.3) is 22.2 Å². The van der Waals surface area contributed by atoms with Crippen molar-refractivity contribution in [3.05, 3.63) is 79.3 Å². The van der Waals surface area contributed by atoms with Gasteiger partial charge in [0, 0.05) is 11.8 Å². The van der Waals surface area contributed by atoms with Crippen molar-refractivity contribution in [1.29, 1.82) is 0 Å². The van der Waals surface area contributed by atoms with Crippen molar-refractivity contribution in [2.45, 2.75) is 20.0 Å². The number of carbonyl (C=O) groups is 1. The van der Waals surface area contributed by atoms with E-state index in [2.05, 4.69) is 30.9 Å². The number of ether oxygens (including phenoxy) is 1. The Morgan fingerprint density at radius 3 is 2.50 bits per heavy atom. The van der Waals surface area contributed by atoms with E-state index in [-0.39, 0.29) is 49.2 Å². The SMILES string of the molecule is Cc1cc(-c2[nH]c3ccnc(C(N)=O)c3c(=O)c2Br)c(Oc2ccc(F)c(F)c2C)nc1C(F)(F)F. The van der Waals surface area contributed by atoms with Crippen molar-refractivity contribution in [1.82, 2.24) is 15.0 Å². The largest absolute Gasteiger partial charge is 0.438 e. The molecule has 0 radical (unpaired) electrons. The highest BCUT2D eigenvalue weighted by molar-refractivity contribution is 9.10. The number of aromatic nitrogens is 3. The quantitative estimate of drug-likeness (QED) is 0.313. The minimum atomic E-state index is -4.86. The third-order valence-electron chi connectivity index (χ3n) is 5.30. The summed E-state index contributed by atoms with van der Waals surface area (Å²) >= 11 is 3.12. The van der Waals surface area contributed by atoms with E-state index < -0.39 is 40.7 Å². The van der Waals surface area contributed by atoms with Crippen molar-refractivity contribution in [2.75, 3.05) is 0 Å². The van der Waals surface area contributed by atoms with Gasteiger partial charge < -0.3 is 15.5 Å². The fourth-order valence-electron chi connectivity index (χ4n) is 3.57. The van der Waals surface area contributed by atoms with Crippen molar-refractivity contribution < 1.29 is 31.5 Å². The molecular weight excluding hydrogens is 555 g/mol. The summed E-state index contributed by atoms with van der Waals surface area (Å²) in [6.07, 6.45) is -3.64. The molecule has 36 heavy (non-hydrogen) atoms. The molecule has 1 amide bonds. The number of alkyl halides is 3. The van der Waals surface area contributed by atoms with E-state index >= 15 is 0 Å². The van der Waals surface area contributed by atoms with E-state index in [1.54, 1.807) is 0 Å². The number of hydrogen-bond acceptors (Lipinski definition) is 5. The molecule has 4 aromatic rings. The first-order chi connectivity index (χ1) is 16.8. The molecular formula is C23H14BrF5N4O3. The maximum atomic E-state index is 14.1. The lowest BCUT2D eigenvalue weighted by Crippen LogP contribution is -2.19. The molecule has 0 saturated heterocycles. The van der Waals surface area contributed by atoms with Crippen LogP contribution in [0, 0.1) is 25.5 Å². The summed E-state index contributed by atoms with van der Waals surface area (Å²) in [7, 11) is 0. The standard InChI is InChI=1S/C23H14BrF5N4O3/c1-8-7-10(17-15(24)19(34)14-12(32-17)5-6-31-18(14)21(30)35)22(33-20(8)23(27,28)29)36-13-4-3-11(25)16(26)9(13)2/h3-7H,1-2H3,(H2,30,35)(H,32,34). The number of nitrogens with one attached hydrogen (secondary N) is 1. The van der Waals surface area contributed by atoms with E-state index in [0.717, 1.165) is 25.1 Å². The van der Waals surface area contributed by atoms with Crippen molar-refractivity contribution in [3.63, 3.8) is 0 Å². The van der Waals surface area contributed by atoms with Gasteiger partial charge in [-0.2, -0.15) is 13.2 Å². The number of benzene rings is 1. The number of nitrogens with zero attached hydrogens (tertiary/aromatic N) is 2. The van der Waals surface area contributed by atoms with Gasteiger partial charge in [-0.15, -0.1) is 0 Å². The summed E-state index contributed by atoms with van der Waals surface area (Å²) in [6.45, 7) is 2.34. The Morgan fingerprint density at radius 2 is 1.86 bits per heavy atom. The second-order valence-electron chi connectivity index (χ2n) is 7.68. The summed E-state index contributed by atoms with van der Waals surface area (Å²) in [5, 5.41) is -0.142. The summed E-state index contributed by atoms with van der Waals surface area (Å²) in [5.41, 5.74) is 2.35. The average molecular weight is 569 g/mol. The number of nitrogens with two attached hydrogens (primary N) is 1. The number of rotatable bonds is 4. The van der Waals surface area contributed by atoms with Crippen LogP contribution >= 0.6 is 15.9 Å². The second kappa shape index (κ2) is 8.97. The van der Waals surface area contributed by atoms with Crippen LogP contribution in [0.4, 0.5) is 22.0 Å². The molecule has 0 saturated carbocycles. The third kappa shape index (κ3) is 4.30. The zero-order valence-electron chi connectivity index (χ0n) is 18.4. The molecule has 4 rings (SSSR count). The van der Waals surface area contributed by atoms with Crippen LogP contribution < -0.4 is 15.9 Å². The number of hydrogen-bond donors (Lipinski definition) is 2. The Morgan fingerprint density at radius 1 is 1.17 bits per heavy atom. The Labute approximate surface area is 207 Å². The molecule has 3 heterocycles. The van der Waals surface area contributed by atoms with Crippen LogP contribution in [0.15, 0.2) is 39.7 Å². The molecule has 3 aromatic heterocycles. The lowest BCUT2D eigenvalue weighted by atomic mass is 10.1. The van der Waals surface area contributed by atoms with Crippen LogP contribution in [0.2, 0.25) is 0 Å². The zero-order chi connectivity index (χ0) is 26.5. The number of carbonyl (C=O) groups excluding carboxylic acids is 1. The lowest BCUT2D eigenvalue weighted by Gasteiger charge is -2.18. The molecule has 0 fully saturated rings. The molecule has 13 heteroatoms. The predicted octanol–water partition coefficient (Wildman–Crippen LogP) is 5.55. The van der Waals surface area contributed by atoms with E-state index in [4.69, 9.17) is 10.5 Å². The molecule has 186 valence electrons. The van der Waals surface area contributed by atoms with E-state index in [1.807, 2.05) is 0 Å². The average Bonchev–Trinajstić information content (AvgIpc) is 2.81. The van der Waals surface area contributed by atoms with Gasteiger partial charge in [-0.3, -0.25) is 14.6 Å². The van der Waals surface area contributed by atoms with Crippen LogP contribution in [0.1, 0.15) is 27.3 Å². The monoisotopic (exact) mass is 568 g/mol. The third-order valence-corrected chi connectivity index (χ3v) is 6.06. The smallest absolute Gasteiger partial charge is 0.433 e. The van der Waals surface area contributed by atoms with Crippen LogP contribution in [0.5, 0.6) is 11.6 Å². The van der Waals surface area contributed by atoms with Gasteiger partial charge in [0.15, 0.2) is 17.3 Å². The summed E-state index contributed by atoms with van der Waals surface area (Å²) in [4.78, 5) is 35.2. The summed E-state index contributed by atoms with van der Waals surface area (Å²) in [5.74, 6) is -4.31. The topological polar surface area (TPSA) is 111 Å².